The molecular formula is C19H21FN2O. The van der Waals surface area contributed by atoms with Gasteiger partial charge in [-0.3, -0.25) is 4.79 Å². The standard InChI is InChI=1S/C19H21FN2O/c1-13-4-6-14(7-5-13)15-8-9-17(18(20)11-15)19(23)22-10-2-3-16(21)12-22/h4-9,11,16H,2-3,10,12,21H2,1H3. The number of benzene rings is 2. The zero-order chi connectivity index (χ0) is 16.4. The molecule has 0 saturated carbocycles. The van der Waals surface area contributed by atoms with Crippen LogP contribution in [0.15, 0.2) is 42.5 Å². The molecule has 2 aromatic carbocycles. The van der Waals surface area contributed by atoms with Gasteiger partial charge in [-0.25, -0.2) is 4.39 Å². The predicted molar refractivity (Wildman–Crippen MR) is 89.7 cm³/mol. The number of hydrogen-bond donors (Lipinski definition) is 1. The van der Waals surface area contributed by atoms with Crippen molar-refractivity contribution in [3.63, 3.8) is 0 Å². The number of likely N-dealkylation sites (tertiary alicyclic amines) is 1. The molecule has 3 nitrogen and oxygen atoms in total. The average molecular weight is 312 g/mol. The summed E-state index contributed by atoms with van der Waals surface area (Å²) in [5, 5.41) is 0. The molecule has 0 aromatic heterocycles. The van der Waals surface area contributed by atoms with Gasteiger partial charge in [-0.1, -0.05) is 35.9 Å². The summed E-state index contributed by atoms with van der Waals surface area (Å²) in [4.78, 5) is 14.1. The predicted octanol–water partition coefficient (Wildman–Crippen LogP) is 3.36. The topological polar surface area (TPSA) is 46.3 Å². The first-order chi connectivity index (χ1) is 11.0. The minimum Gasteiger partial charge on any atom is -0.337 e. The Bertz CT molecular complexity index is 712. The van der Waals surface area contributed by atoms with Crippen LogP contribution in [0.4, 0.5) is 4.39 Å². The molecule has 0 spiro atoms. The Kier molecular flexibility index (Phi) is 4.44. The summed E-state index contributed by atoms with van der Waals surface area (Å²) in [6, 6.07) is 12.7. The lowest BCUT2D eigenvalue weighted by Gasteiger charge is -2.30. The van der Waals surface area contributed by atoms with Crippen molar-refractivity contribution in [3.8, 4) is 11.1 Å². The molecule has 1 unspecified atom stereocenters. The summed E-state index contributed by atoms with van der Waals surface area (Å²) in [7, 11) is 0. The Labute approximate surface area is 135 Å². The van der Waals surface area contributed by atoms with E-state index >= 15 is 0 Å². The molecule has 2 aromatic rings. The molecule has 0 radical (unpaired) electrons. The van der Waals surface area contributed by atoms with E-state index in [0.29, 0.717) is 13.1 Å². The summed E-state index contributed by atoms with van der Waals surface area (Å²) < 4.78 is 14.4. The van der Waals surface area contributed by atoms with Crippen LogP contribution in [0.5, 0.6) is 0 Å². The van der Waals surface area contributed by atoms with E-state index in [-0.39, 0.29) is 17.5 Å². The van der Waals surface area contributed by atoms with Gasteiger partial charge in [0.05, 0.1) is 5.56 Å². The SMILES string of the molecule is Cc1ccc(-c2ccc(C(=O)N3CCCC(N)C3)c(F)c2)cc1. The Hall–Kier alpha value is -2.20. The molecule has 1 amide bonds. The first-order valence-corrected chi connectivity index (χ1v) is 7.96. The van der Waals surface area contributed by atoms with E-state index in [2.05, 4.69) is 0 Å². The van der Waals surface area contributed by atoms with Gasteiger partial charge in [-0.15, -0.1) is 0 Å². The number of nitrogens with zero attached hydrogens (tertiary/aromatic N) is 1. The van der Waals surface area contributed by atoms with Gasteiger partial charge in [0.1, 0.15) is 5.82 Å². The van der Waals surface area contributed by atoms with Gasteiger partial charge in [0.2, 0.25) is 0 Å². The van der Waals surface area contributed by atoms with Crippen molar-refractivity contribution in [2.24, 2.45) is 5.73 Å². The molecule has 4 heteroatoms. The first kappa shape index (κ1) is 15.7. The highest BCUT2D eigenvalue weighted by molar-refractivity contribution is 5.95. The van der Waals surface area contributed by atoms with Gasteiger partial charge >= 0.3 is 0 Å². The van der Waals surface area contributed by atoms with E-state index < -0.39 is 5.82 Å². The number of rotatable bonds is 2. The maximum absolute atomic E-state index is 14.4. The molecule has 0 bridgehead atoms. The number of halogens is 1. The third-order valence-electron chi connectivity index (χ3n) is 4.33. The molecule has 2 N–H and O–H groups in total. The van der Waals surface area contributed by atoms with Gasteiger partial charge in [0, 0.05) is 19.1 Å². The van der Waals surface area contributed by atoms with Gasteiger partial charge < -0.3 is 10.6 Å². The Morgan fingerprint density at radius 1 is 1.17 bits per heavy atom. The number of carbonyl (C=O) groups excluding carboxylic acids is 1. The molecule has 120 valence electrons. The fraction of sp³-hybridized carbons (Fsp3) is 0.316. The molecule has 1 aliphatic heterocycles. The number of piperidine rings is 1. The van der Waals surface area contributed by atoms with E-state index in [9.17, 15) is 9.18 Å². The quantitative estimate of drug-likeness (QED) is 0.924. The van der Waals surface area contributed by atoms with Crippen LogP contribution < -0.4 is 5.73 Å². The van der Waals surface area contributed by atoms with Crippen LogP contribution in [0.25, 0.3) is 11.1 Å². The number of aryl methyl sites for hydroxylation is 1. The van der Waals surface area contributed by atoms with Crippen molar-refractivity contribution in [1.82, 2.24) is 4.90 Å². The summed E-state index contributed by atoms with van der Waals surface area (Å²) in [5.74, 6) is -0.750. The highest BCUT2D eigenvalue weighted by Crippen LogP contribution is 2.23. The van der Waals surface area contributed by atoms with E-state index in [1.807, 2.05) is 31.2 Å². The normalized spacial score (nSPS) is 18.0. The largest absolute Gasteiger partial charge is 0.337 e. The maximum atomic E-state index is 14.4. The fourth-order valence-corrected chi connectivity index (χ4v) is 2.98. The number of amides is 1. The third-order valence-corrected chi connectivity index (χ3v) is 4.33. The highest BCUT2D eigenvalue weighted by Gasteiger charge is 2.24. The lowest BCUT2D eigenvalue weighted by atomic mass is 10.0. The fourth-order valence-electron chi connectivity index (χ4n) is 2.98. The summed E-state index contributed by atoms with van der Waals surface area (Å²) in [6.45, 7) is 3.15. The van der Waals surface area contributed by atoms with Crippen molar-refractivity contribution >= 4 is 5.91 Å². The van der Waals surface area contributed by atoms with Crippen LogP contribution in [-0.4, -0.2) is 29.9 Å². The highest BCUT2D eigenvalue weighted by atomic mass is 19.1. The second-order valence-corrected chi connectivity index (χ2v) is 6.21. The zero-order valence-corrected chi connectivity index (χ0v) is 13.3. The summed E-state index contributed by atoms with van der Waals surface area (Å²) in [5.41, 5.74) is 8.89. The molecule has 0 aliphatic carbocycles. The van der Waals surface area contributed by atoms with Crippen LogP contribution in [0, 0.1) is 12.7 Å². The van der Waals surface area contributed by atoms with Gasteiger partial charge in [-0.2, -0.15) is 0 Å². The zero-order valence-electron chi connectivity index (χ0n) is 13.3. The number of carbonyl (C=O) groups is 1. The molecule has 1 fully saturated rings. The Morgan fingerprint density at radius 2 is 1.87 bits per heavy atom. The molecule has 1 saturated heterocycles. The smallest absolute Gasteiger partial charge is 0.256 e. The van der Waals surface area contributed by atoms with Crippen molar-refractivity contribution in [2.75, 3.05) is 13.1 Å². The van der Waals surface area contributed by atoms with E-state index in [4.69, 9.17) is 5.73 Å². The lowest BCUT2D eigenvalue weighted by molar-refractivity contribution is 0.0704. The lowest BCUT2D eigenvalue weighted by Crippen LogP contribution is -2.45. The Morgan fingerprint density at radius 3 is 2.52 bits per heavy atom. The minimum absolute atomic E-state index is 0.0115. The van der Waals surface area contributed by atoms with Crippen LogP contribution in [0.2, 0.25) is 0 Å². The van der Waals surface area contributed by atoms with Crippen molar-refractivity contribution < 1.29 is 9.18 Å². The molecule has 1 aliphatic rings. The van der Waals surface area contributed by atoms with Gasteiger partial charge in [0.25, 0.3) is 5.91 Å². The second kappa shape index (κ2) is 6.50. The van der Waals surface area contributed by atoms with Crippen LogP contribution >= 0.6 is 0 Å². The summed E-state index contributed by atoms with van der Waals surface area (Å²) in [6.07, 6.45) is 1.79. The van der Waals surface area contributed by atoms with Crippen molar-refractivity contribution in [3.05, 3.63) is 59.4 Å². The van der Waals surface area contributed by atoms with E-state index in [1.165, 1.54) is 6.07 Å². The van der Waals surface area contributed by atoms with Crippen LogP contribution in [0.1, 0.15) is 28.8 Å². The summed E-state index contributed by atoms with van der Waals surface area (Å²) >= 11 is 0. The van der Waals surface area contributed by atoms with Crippen molar-refractivity contribution in [1.29, 1.82) is 0 Å². The van der Waals surface area contributed by atoms with Crippen LogP contribution in [0.3, 0.4) is 0 Å². The average Bonchev–Trinajstić information content (AvgIpc) is 2.55. The maximum Gasteiger partial charge on any atom is 0.256 e. The van der Waals surface area contributed by atoms with Gasteiger partial charge in [0.15, 0.2) is 0 Å². The minimum atomic E-state index is -0.479. The molecular weight excluding hydrogens is 291 g/mol. The monoisotopic (exact) mass is 312 g/mol. The molecule has 1 heterocycles. The molecule has 3 rings (SSSR count). The molecule has 23 heavy (non-hydrogen) atoms. The van der Waals surface area contributed by atoms with Crippen molar-refractivity contribution in [2.45, 2.75) is 25.8 Å². The number of hydrogen-bond acceptors (Lipinski definition) is 2. The van der Waals surface area contributed by atoms with E-state index in [0.717, 1.165) is 29.5 Å². The Balaban J connectivity index is 1.84. The van der Waals surface area contributed by atoms with Crippen LogP contribution in [-0.2, 0) is 0 Å². The third kappa shape index (κ3) is 3.42. The number of nitrogens with two attached hydrogens (primary N) is 1. The van der Waals surface area contributed by atoms with Gasteiger partial charge in [-0.05, 0) is 43.0 Å². The van der Waals surface area contributed by atoms with E-state index in [1.54, 1.807) is 17.0 Å². The molecule has 1 atom stereocenters. The second-order valence-electron chi connectivity index (χ2n) is 6.21. The first-order valence-electron chi connectivity index (χ1n) is 7.96.